The molecular formula is C25H29N7O2. The van der Waals surface area contributed by atoms with Crippen LogP contribution in [0.25, 0.3) is 0 Å². The summed E-state index contributed by atoms with van der Waals surface area (Å²) >= 11 is 0. The van der Waals surface area contributed by atoms with Crippen LogP contribution in [0.3, 0.4) is 0 Å². The number of aromatic amines is 1. The molecule has 1 fully saturated rings. The van der Waals surface area contributed by atoms with E-state index in [1.807, 2.05) is 24.3 Å². The van der Waals surface area contributed by atoms with Gasteiger partial charge in [0.1, 0.15) is 0 Å². The maximum absolute atomic E-state index is 12.0. The van der Waals surface area contributed by atoms with Gasteiger partial charge in [0, 0.05) is 17.2 Å². The highest BCUT2D eigenvalue weighted by atomic mass is 16.1. The van der Waals surface area contributed by atoms with Crippen molar-refractivity contribution >= 4 is 11.8 Å². The molecule has 0 aliphatic heterocycles. The Hall–Kier alpha value is -3.59. The monoisotopic (exact) mass is 459 g/mol. The molecule has 5 rings (SSSR count). The first kappa shape index (κ1) is 22.2. The molecule has 34 heavy (non-hydrogen) atoms. The third kappa shape index (κ3) is 3.66. The molecule has 176 valence electrons. The summed E-state index contributed by atoms with van der Waals surface area (Å²) in [5.41, 5.74) is 22.1. The van der Waals surface area contributed by atoms with Gasteiger partial charge in [-0.15, -0.1) is 10.2 Å². The van der Waals surface area contributed by atoms with Gasteiger partial charge in [0.15, 0.2) is 5.82 Å². The lowest BCUT2D eigenvalue weighted by molar-refractivity contribution is 0.0991. The molecule has 0 unspecified atom stereocenters. The van der Waals surface area contributed by atoms with Gasteiger partial charge < -0.3 is 17.2 Å². The maximum Gasteiger partial charge on any atom is 0.248 e. The highest BCUT2D eigenvalue weighted by Crippen LogP contribution is 2.48. The van der Waals surface area contributed by atoms with E-state index in [9.17, 15) is 9.59 Å². The van der Waals surface area contributed by atoms with Crippen LogP contribution in [0, 0.1) is 5.92 Å². The molecule has 7 N–H and O–H groups in total. The lowest BCUT2D eigenvalue weighted by Gasteiger charge is -2.37. The van der Waals surface area contributed by atoms with E-state index in [4.69, 9.17) is 17.2 Å². The molecule has 1 aromatic heterocycles. The van der Waals surface area contributed by atoms with E-state index in [2.05, 4.69) is 20.6 Å². The van der Waals surface area contributed by atoms with Crippen LogP contribution in [-0.2, 0) is 18.3 Å². The number of hydrogen-bond donors (Lipinski definition) is 4. The molecule has 2 amide bonds. The number of carbonyl (C=O) groups is 2. The number of nitrogens with two attached hydrogens (primary N) is 3. The second-order valence-electron chi connectivity index (χ2n) is 9.53. The van der Waals surface area contributed by atoms with Crippen molar-refractivity contribution in [2.75, 3.05) is 0 Å². The van der Waals surface area contributed by atoms with E-state index in [-0.39, 0.29) is 6.04 Å². The van der Waals surface area contributed by atoms with Gasteiger partial charge in [-0.2, -0.15) is 5.21 Å². The minimum Gasteiger partial charge on any atom is -0.366 e. The number of tetrazole rings is 1. The molecule has 0 saturated heterocycles. The Morgan fingerprint density at radius 2 is 1.53 bits per heavy atom. The number of fused-ring (bicyclic) bond motifs is 2. The number of nitrogens with zero attached hydrogens (tertiary/aromatic N) is 3. The SMILES string of the molecule is NC(=O)c1ccc2c(c1)CCc1cc(C(N)=O)ccc1C2(C[C@H](N)C1CCCC1)c1nn[nH]n1. The molecule has 1 heterocycles. The number of hydrogen-bond acceptors (Lipinski definition) is 6. The molecule has 9 nitrogen and oxygen atoms in total. The molecule has 0 radical (unpaired) electrons. The number of aromatic nitrogens is 4. The van der Waals surface area contributed by atoms with Gasteiger partial charge in [0.2, 0.25) is 11.8 Å². The summed E-state index contributed by atoms with van der Waals surface area (Å²) in [5.74, 6) is -0.0282. The van der Waals surface area contributed by atoms with Crippen LogP contribution < -0.4 is 17.2 Å². The number of carbonyl (C=O) groups excluding carboxylic acids is 2. The summed E-state index contributed by atoms with van der Waals surface area (Å²) in [6.07, 6.45) is 6.46. The first-order valence-corrected chi connectivity index (χ1v) is 11.8. The highest BCUT2D eigenvalue weighted by Gasteiger charge is 2.46. The fourth-order valence-corrected chi connectivity index (χ4v) is 5.96. The molecule has 2 aliphatic rings. The molecule has 2 aliphatic carbocycles. The van der Waals surface area contributed by atoms with E-state index in [1.54, 1.807) is 12.1 Å². The highest BCUT2D eigenvalue weighted by molar-refractivity contribution is 5.94. The molecule has 2 aromatic carbocycles. The zero-order valence-corrected chi connectivity index (χ0v) is 19.0. The summed E-state index contributed by atoms with van der Waals surface area (Å²) in [4.78, 5) is 23.9. The smallest absolute Gasteiger partial charge is 0.248 e. The molecule has 9 heteroatoms. The average molecular weight is 460 g/mol. The number of nitrogens with one attached hydrogen (secondary N) is 1. The van der Waals surface area contributed by atoms with Crippen molar-refractivity contribution in [2.24, 2.45) is 23.1 Å². The number of aryl methyl sites for hydroxylation is 2. The topological polar surface area (TPSA) is 167 Å². The largest absolute Gasteiger partial charge is 0.366 e. The van der Waals surface area contributed by atoms with E-state index in [1.165, 1.54) is 12.8 Å². The van der Waals surface area contributed by atoms with E-state index >= 15 is 0 Å². The quantitative estimate of drug-likeness (QED) is 0.438. The van der Waals surface area contributed by atoms with Gasteiger partial charge in [-0.05, 0) is 84.5 Å². The lowest BCUT2D eigenvalue weighted by atomic mass is 9.66. The molecule has 0 spiro atoms. The number of amides is 2. The van der Waals surface area contributed by atoms with Gasteiger partial charge in [-0.3, -0.25) is 9.59 Å². The Balaban J connectivity index is 1.78. The van der Waals surface area contributed by atoms with Gasteiger partial charge in [0.05, 0.1) is 5.41 Å². The van der Waals surface area contributed by atoms with Crippen molar-refractivity contribution in [3.8, 4) is 0 Å². The summed E-state index contributed by atoms with van der Waals surface area (Å²) in [7, 11) is 0. The fraction of sp³-hybridized carbons (Fsp3) is 0.400. The van der Waals surface area contributed by atoms with Crippen molar-refractivity contribution in [1.29, 1.82) is 0 Å². The van der Waals surface area contributed by atoms with Crippen LogP contribution in [0.4, 0.5) is 0 Å². The standard InChI is InChI=1S/C25H29N7O2/c26-21(14-3-1-2-4-14)13-25(24-29-31-32-30-24)19-9-7-17(22(27)33)11-15(19)5-6-16-12-18(23(28)34)8-10-20(16)25/h7-12,14,21H,1-6,13,26H2,(H2,27,33)(H2,28,34)(H,29,30,31,32)/t21-/m0/s1. The number of H-pyrrole nitrogens is 1. The first-order valence-electron chi connectivity index (χ1n) is 11.8. The number of benzene rings is 2. The molecule has 1 atom stereocenters. The van der Waals surface area contributed by atoms with E-state index < -0.39 is 17.2 Å². The summed E-state index contributed by atoms with van der Waals surface area (Å²) < 4.78 is 0. The number of primary amides is 2. The predicted octanol–water partition coefficient (Wildman–Crippen LogP) is 1.74. The summed E-state index contributed by atoms with van der Waals surface area (Å²) in [6, 6.07) is 11.0. The van der Waals surface area contributed by atoms with Crippen molar-refractivity contribution in [3.63, 3.8) is 0 Å². The van der Waals surface area contributed by atoms with E-state index in [0.29, 0.717) is 42.1 Å². The van der Waals surface area contributed by atoms with Crippen molar-refractivity contribution in [3.05, 3.63) is 75.6 Å². The zero-order valence-electron chi connectivity index (χ0n) is 19.0. The molecule has 0 bridgehead atoms. The maximum atomic E-state index is 12.0. The fourth-order valence-electron chi connectivity index (χ4n) is 5.96. The molecule has 3 aromatic rings. The Labute approximate surface area is 197 Å². The first-order chi connectivity index (χ1) is 16.4. The van der Waals surface area contributed by atoms with Gasteiger partial charge in [-0.25, -0.2) is 0 Å². The second kappa shape index (κ2) is 8.64. The van der Waals surface area contributed by atoms with Crippen LogP contribution in [0.5, 0.6) is 0 Å². The van der Waals surface area contributed by atoms with Crippen molar-refractivity contribution in [2.45, 2.75) is 56.4 Å². The van der Waals surface area contributed by atoms with E-state index in [0.717, 1.165) is 35.1 Å². The zero-order chi connectivity index (χ0) is 23.9. The van der Waals surface area contributed by atoms with Crippen LogP contribution in [0.15, 0.2) is 36.4 Å². The normalized spacial score (nSPS) is 18.0. The van der Waals surface area contributed by atoms with Crippen molar-refractivity contribution in [1.82, 2.24) is 20.6 Å². The van der Waals surface area contributed by atoms with Gasteiger partial charge in [-0.1, -0.05) is 30.2 Å². The summed E-state index contributed by atoms with van der Waals surface area (Å²) in [5, 5.41) is 15.4. The van der Waals surface area contributed by atoms with Crippen molar-refractivity contribution < 1.29 is 9.59 Å². The minimum atomic E-state index is -0.803. The Morgan fingerprint density at radius 3 is 2.00 bits per heavy atom. The Kier molecular flexibility index (Phi) is 5.65. The third-order valence-corrected chi connectivity index (χ3v) is 7.64. The minimum absolute atomic E-state index is 0.0913. The second-order valence-corrected chi connectivity index (χ2v) is 9.53. The van der Waals surface area contributed by atoms with Gasteiger partial charge >= 0.3 is 0 Å². The van der Waals surface area contributed by atoms with Gasteiger partial charge in [0.25, 0.3) is 0 Å². The average Bonchev–Trinajstić information content (AvgIpc) is 3.54. The van der Waals surface area contributed by atoms with Crippen LogP contribution >= 0.6 is 0 Å². The van der Waals surface area contributed by atoms with Crippen LogP contribution in [0.1, 0.15) is 80.9 Å². The third-order valence-electron chi connectivity index (χ3n) is 7.64. The predicted molar refractivity (Wildman–Crippen MR) is 126 cm³/mol. The molecular weight excluding hydrogens is 430 g/mol. The summed E-state index contributed by atoms with van der Waals surface area (Å²) in [6.45, 7) is 0. The Bertz CT molecular complexity index is 1170. The Morgan fingerprint density at radius 1 is 0.971 bits per heavy atom. The van der Waals surface area contributed by atoms with Crippen LogP contribution in [0.2, 0.25) is 0 Å². The number of rotatable bonds is 6. The molecule has 1 saturated carbocycles. The van der Waals surface area contributed by atoms with Crippen LogP contribution in [-0.4, -0.2) is 38.5 Å². The lowest BCUT2D eigenvalue weighted by Crippen LogP contribution is -2.42.